The lowest BCUT2D eigenvalue weighted by molar-refractivity contribution is -0.274. The number of amides is 2. The normalized spacial score (nSPS) is 24.7. The van der Waals surface area contributed by atoms with Crippen LogP contribution in [-0.2, 0) is 31.5 Å². The quantitative estimate of drug-likeness (QED) is 0.162. The molecule has 3 aliphatic carbocycles. The van der Waals surface area contributed by atoms with E-state index in [1.54, 1.807) is 0 Å². The number of rotatable bonds is 3. The molecule has 1 heterocycles. The largest absolute Gasteiger partial charge is 0.573 e. The Hall–Kier alpha value is -4.89. The zero-order chi connectivity index (χ0) is 35.2. The minimum absolute atomic E-state index is 0.0259. The zero-order valence-electron chi connectivity index (χ0n) is 24.2. The first-order chi connectivity index (χ1) is 22.2. The zero-order valence-corrected chi connectivity index (χ0v) is 24.2. The van der Waals surface area contributed by atoms with Gasteiger partial charge in [-0.1, -0.05) is 11.6 Å². The molecule has 6 rings (SSSR count). The van der Waals surface area contributed by atoms with Gasteiger partial charge >= 0.3 is 18.7 Å². The van der Waals surface area contributed by atoms with Gasteiger partial charge in [0, 0.05) is 28.2 Å². The smallest absolute Gasteiger partial charge is 0.508 e. The van der Waals surface area contributed by atoms with Gasteiger partial charge in [0.1, 0.15) is 11.5 Å². The van der Waals surface area contributed by atoms with E-state index in [1.165, 1.54) is 13.0 Å². The summed E-state index contributed by atoms with van der Waals surface area (Å²) in [6.07, 6.45) is -14.0. The van der Waals surface area contributed by atoms with Crippen LogP contribution >= 0.6 is 0 Å². The second-order valence-electron chi connectivity index (χ2n) is 11.8. The number of phenols is 1. The fraction of sp³-hybridized carbons (Fsp3) is 0.312. The Kier molecular flexibility index (Phi) is 7.44. The highest BCUT2D eigenvalue weighted by Crippen LogP contribution is 2.57. The molecular weight excluding hydrogens is 665 g/mol. The number of alkyl halides is 9. The average molecular weight is 685 g/mol. The molecule has 0 radical (unpaired) electrons. The molecule has 0 saturated carbocycles. The molecule has 1 saturated heterocycles. The minimum Gasteiger partial charge on any atom is -0.508 e. The molecule has 48 heavy (non-hydrogen) atoms. The highest BCUT2D eigenvalue weighted by Gasteiger charge is 2.57. The van der Waals surface area contributed by atoms with Crippen molar-refractivity contribution in [1.29, 1.82) is 0 Å². The van der Waals surface area contributed by atoms with E-state index >= 15 is 0 Å². The molecule has 4 atom stereocenters. The number of hydrogen-bond acceptors (Lipinski definition) is 6. The second-order valence-corrected chi connectivity index (χ2v) is 11.8. The molecule has 1 aliphatic heterocycles. The van der Waals surface area contributed by atoms with Crippen molar-refractivity contribution in [2.45, 2.75) is 44.4 Å². The van der Waals surface area contributed by atoms with Gasteiger partial charge in [0.15, 0.2) is 11.6 Å². The molecule has 1 fully saturated rings. The number of phenolic OH excluding ortho intramolecular Hbond substituents is 1. The minimum atomic E-state index is -5.28. The third-order valence-electron chi connectivity index (χ3n) is 8.94. The van der Waals surface area contributed by atoms with Crippen LogP contribution < -0.4 is 9.64 Å². The predicted molar refractivity (Wildman–Crippen MR) is 145 cm³/mol. The summed E-state index contributed by atoms with van der Waals surface area (Å²) in [5.74, 6) is -10.4. The molecule has 0 aromatic heterocycles. The van der Waals surface area contributed by atoms with Crippen molar-refractivity contribution in [1.82, 2.24) is 0 Å². The fourth-order valence-electron chi connectivity index (χ4n) is 7.00. The monoisotopic (exact) mass is 685 g/mol. The van der Waals surface area contributed by atoms with Crippen molar-refractivity contribution < 1.29 is 68.5 Å². The first-order valence-electron chi connectivity index (χ1n) is 14.1. The molecule has 4 aliphatic rings. The van der Waals surface area contributed by atoms with Gasteiger partial charge in [0.2, 0.25) is 11.8 Å². The number of allylic oxidation sites excluding steroid dienone is 6. The Morgan fingerprint density at radius 2 is 1.46 bits per heavy atom. The Labute approximate surface area is 263 Å². The van der Waals surface area contributed by atoms with Gasteiger partial charge in [-0.15, -0.1) is 13.2 Å². The van der Waals surface area contributed by atoms with E-state index in [2.05, 4.69) is 4.74 Å². The first-order valence-corrected chi connectivity index (χ1v) is 14.1. The fourth-order valence-corrected chi connectivity index (χ4v) is 7.00. The molecule has 2 aromatic rings. The van der Waals surface area contributed by atoms with E-state index < -0.39 is 94.1 Å². The SMILES string of the molecule is CC1=CC(=O)C2=C(C1=O)[C@@H](c1cc(OC(F)(F)F)ccc1O)C1=CC[C@@H]3C(=O)N(c4cc(C(F)(F)F)cc(C(F)(F)F)c4)C(=O)[C@@H]3[C@@H]1C2. The number of ketones is 2. The van der Waals surface area contributed by atoms with Crippen molar-refractivity contribution in [3.63, 3.8) is 0 Å². The Morgan fingerprint density at radius 3 is 2.04 bits per heavy atom. The van der Waals surface area contributed by atoms with Gasteiger partial charge in [-0.05, 0) is 68.2 Å². The van der Waals surface area contributed by atoms with E-state index in [9.17, 15) is 63.8 Å². The van der Waals surface area contributed by atoms with E-state index in [1.807, 2.05) is 0 Å². The van der Waals surface area contributed by atoms with Gasteiger partial charge in [-0.25, -0.2) is 4.90 Å². The number of benzene rings is 2. The molecule has 16 heteroatoms. The maximum atomic E-state index is 13.9. The summed E-state index contributed by atoms with van der Waals surface area (Å²) < 4.78 is 125. The number of nitrogens with zero attached hydrogens (tertiary/aromatic N) is 1. The van der Waals surface area contributed by atoms with Crippen LogP contribution in [0.15, 0.2) is 70.8 Å². The number of carbonyl (C=O) groups is 4. The molecule has 7 nitrogen and oxygen atoms in total. The molecule has 2 aromatic carbocycles. The number of Topliss-reactive ketones (excluding diaryl/α,β-unsaturated/α-hetero) is 1. The summed E-state index contributed by atoms with van der Waals surface area (Å²) in [6, 6.07) is 2.78. The Morgan fingerprint density at radius 1 is 0.833 bits per heavy atom. The van der Waals surface area contributed by atoms with Crippen LogP contribution in [0, 0.1) is 17.8 Å². The Bertz CT molecular complexity index is 1870. The average Bonchev–Trinajstić information content (AvgIpc) is 3.23. The van der Waals surface area contributed by atoms with Gasteiger partial charge in [0.05, 0.1) is 28.7 Å². The summed E-state index contributed by atoms with van der Waals surface area (Å²) in [4.78, 5) is 54.5. The van der Waals surface area contributed by atoms with Gasteiger partial charge in [-0.2, -0.15) is 26.3 Å². The maximum absolute atomic E-state index is 13.9. The van der Waals surface area contributed by atoms with Crippen LogP contribution in [-0.4, -0.2) is 34.8 Å². The van der Waals surface area contributed by atoms with Crippen LogP contribution in [0.3, 0.4) is 0 Å². The molecule has 1 N–H and O–H groups in total. The van der Waals surface area contributed by atoms with Crippen molar-refractivity contribution in [2.24, 2.45) is 17.8 Å². The summed E-state index contributed by atoms with van der Waals surface area (Å²) in [5.41, 5.74) is -5.06. The summed E-state index contributed by atoms with van der Waals surface area (Å²) in [7, 11) is 0. The van der Waals surface area contributed by atoms with Crippen LogP contribution in [0.5, 0.6) is 11.5 Å². The van der Waals surface area contributed by atoms with Gasteiger partial charge in [0.25, 0.3) is 0 Å². The number of fused-ring (bicyclic) bond motifs is 3. The first kappa shape index (κ1) is 33.0. The number of anilines is 1. The van der Waals surface area contributed by atoms with Crippen molar-refractivity contribution >= 4 is 29.1 Å². The lowest BCUT2D eigenvalue weighted by Gasteiger charge is -2.42. The lowest BCUT2D eigenvalue weighted by atomic mass is 9.59. The number of halogens is 9. The van der Waals surface area contributed by atoms with Crippen LogP contribution in [0.1, 0.15) is 42.4 Å². The number of carbonyl (C=O) groups excluding carboxylic acids is 4. The lowest BCUT2D eigenvalue weighted by Crippen LogP contribution is -2.40. The maximum Gasteiger partial charge on any atom is 0.573 e. The standard InChI is InChI=1S/C32H20F9NO6/c1-12-6-23(44)21-11-19-17(24(26(21)27(12)45)20-10-16(2-5-22(20)43)48-32(39,40)41)3-4-18-25(19)29(47)42(28(18)46)15-8-13(30(33,34)35)7-14(9-15)31(36,37)38/h2-3,5-10,18-19,24-25,43H,4,11H2,1H3/t18-,19+,24+,25-/m0/s1. The number of ether oxygens (including phenoxy) is 1. The van der Waals surface area contributed by atoms with Gasteiger partial charge in [-0.3, -0.25) is 19.2 Å². The molecular formula is C32H20F9NO6. The molecule has 0 bridgehead atoms. The number of aromatic hydroxyl groups is 1. The summed E-state index contributed by atoms with van der Waals surface area (Å²) in [6.45, 7) is 1.32. The van der Waals surface area contributed by atoms with E-state index in [-0.39, 0.29) is 63.8 Å². The van der Waals surface area contributed by atoms with E-state index in [4.69, 9.17) is 0 Å². The van der Waals surface area contributed by atoms with E-state index in [0.29, 0.717) is 0 Å². The van der Waals surface area contributed by atoms with Crippen LogP contribution in [0.4, 0.5) is 45.2 Å². The van der Waals surface area contributed by atoms with Crippen LogP contribution in [0.2, 0.25) is 0 Å². The number of hydrogen-bond donors (Lipinski definition) is 1. The molecule has 0 unspecified atom stereocenters. The van der Waals surface area contributed by atoms with Crippen molar-refractivity contribution in [3.05, 3.63) is 87.5 Å². The van der Waals surface area contributed by atoms with Crippen molar-refractivity contribution in [3.8, 4) is 11.5 Å². The third kappa shape index (κ3) is 5.46. The molecule has 0 spiro atoms. The van der Waals surface area contributed by atoms with Crippen molar-refractivity contribution in [2.75, 3.05) is 4.90 Å². The summed E-state index contributed by atoms with van der Waals surface area (Å²) in [5, 5.41) is 10.8. The number of imide groups is 1. The summed E-state index contributed by atoms with van der Waals surface area (Å²) >= 11 is 0. The topological polar surface area (TPSA) is 101 Å². The van der Waals surface area contributed by atoms with Gasteiger partial charge < -0.3 is 9.84 Å². The van der Waals surface area contributed by atoms with Crippen LogP contribution in [0.25, 0.3) is 0 Å². The molecule has 2 amide bonds. The second kappa shape index (κ2) is 10.8. The highest BCUT2D eigenvalue weighted by molar-refractivity contribution is 6.25. The predicted octanol–water partition coefficient (Wildman–Crippen LogP) is 6.96. The molecule has 252 valence electrons. The van der Waals surface area contributed by atoms with E-state index in [0.717, 1.165) is 24.3 Å². The third-order valence-corrected chi connectivity index (χ3v) is 8.94. The Balaban J connectivity index is 1.49. The highest BCUT2D eigenvalue weighted by atomic mass is 19.4.